The monoisotopic (exact) mass is 468 g/mol. The van der Waals surface area contributed by atoms with Gasteiger partial charge >= 0.3 is 33.0 Å². The summed E-state index contributed by atoms with van der Waals surface area (Å²) >= 11 is 0. The summed E-state index contributed by atoms with van der Waals surface area (Å²) in [5.41, 5.74) is 0. The van der Waals surface area contributed by atoms with E-state index in [1.165, 1.54) is 10.6 Å². The summed E-state index contributed by atoms with van der Waals surface area (Å²) in [7, 11) is -11.0. The molecule has 2 aromatic carbocycles. The summed E-state index contributed by atoms with van der Waals surface area (Å²) in [6.45, 7) is 5.48. The number of aromatic nitrogens is 2. The Morgan fingerprint density at radius 1 is 0.833 bits per heavy atom. The predicted octanol–water partition coefficient (Wildman–Crippen LogP) is 6.87. The molecule has 10 heteroatoms. The van der Waals surface area contributed by atoms with Crippen molar-refractivity contribution in [3.63, 3.8) is 0 Å². The van der Waals surface area contributed by atoms with Gasteiger partial charge in [-0.15, -0.1) is 0 Å². The summed E-state index contributed by atoms with van der Waals surface area (Å²) in [5.74, 6) is 0. The van der Waals surface area contributed by atoms with Gasteiger partial charge in [0.25, 0.3) is 0 Å². The van der Waals surface area contributed by atoms with E-state index in [4.69, 9.17) is 0 Å². The zero-order chi connectivity index (χ0) is 22.5. The van der Waals surface area contributed by atoms with E-state index in [1.54, 1.807) is 0 Å². The molecule has 2 nitrogen and oxygen atoms in total. The molecule has 30 heavy (non-hydrogen) atoms. The number of nitrogens with zero attached hydrogens (tertiary/aromatic N) is 2. The molecule has 1 heterocycles. The zero-order valence-electron chi connectivity index (χ0n) is 16.6. The van der Waals surface area contributed by atoms with E-state index in [1.807, 2.05) is 0 Å². The first-order valence-corrected chi connectivity index (χ1v) is 12.7. The van der Waals surface area contributed by atoms with Gasteiger partial charge in [-0.3, -0.25) is 0 Å². The topological polar surface area (TPSA) is 8.81 Å². The van der Waals surface area contributed by atoms with Crippen molar-refractivity contribution in [2.75, 3.05) is 6.16 Å². The van der Waals surface area contributed by atoms with Gasteiger partial charge in [-0.05, 0) is 32.4 Å². The standard InChI is InChI=1S/C20H24N2P.F6P/c1-18(2)22-14-13-21(17-22)15-16-23(19-9-5-3-6-10-19)20-11-7-4-8-12-20;1-7(2,3,4,5)6/h3-14,17-18H,15-16H2,1-2H3;/q+1;-1. The summed E-state index contributed by atoms with van der Waals surface area (Å²) in [6.07, 6.45) is 7.73. The minimum absolute atomic E-state index is 0.311. The molecule has 0 saturated carbocycles. The SMILES string of the molecule is CC(C)[n+]1ccn(CCP(c2ccccc2)c2ccccc2)c1.F[P-](F)(F)(F)(F)F. The van der Waals surface area contributed by atoms with Crippen molar-refractivity contribution in [3.05, 3.63) is 79.4 Å². The first-order chi connectivity index (χ1) is 13.7. The molecule has 3 rings (SSSR count). The van der Waals surface area contributed by atoms with Crippen LogP contribution in [0.2, 0.25) is 0 Å². The molecule has 166 valence electrons. The van der Waals surface area contributed by atoms with Gasteiger partial charge in [-0.1, -0.05) is 60.7 Å². The number of benzene rings is 2. The molecule has 0 saturated heterocycles. The van der Waals surface area contributed by atoms with Gasteiger partial charge in [0.05, 0.1) is 12.6 Å². The van der Waals surface area contributed by atoms with Crippen LogP contribution in [-0.4, -0.2) is 10.7 Å². The first kappa shape index (κ1) is 24.4. The molecular formula is C20H24F6N2P2. The van der Waals surface area contributed by atoms with Crippen molar-refractivity contribution in [2.24, 2.45) is 0 Å². The summed E-state index contributed by atoms with van der Waals surface area (Å²) in [5, 5.41) is 2.91. The van der Waals surface area contributed by atoms with Crippen LogP contribution in [0.25, 0.3) is 0 Å². The van der Waals surface area contributed by atoms with E-state index in [2.05, 4.69) is 102 Å². The molecule has 0 aliphatic heterocycles. The molecule has 0 aliphatic carbocycles. The van der Waals surface area contributed by atoms with Crippen molar-refractivity contribution >= 4 is 26.3 Å². The Labute approximate surface area is 173 Å². The van der Waals surface area contributed by atoms with E-state index >= 15 is 0 Å². The van der Waals surface area contributed by atoms with E-state index in [9.17, 15) is 25.2 Å². The van der Waals surface area contributed by atoms with Crippen LogP contribution in [0, 0.1) is 0 Å². The Morgan fingerprint density at radius 3 is 1.63 bits per heavy atom. The van der Waals surface area contributed by atoms with Gasteiger partial charge in [-0.2, -0.15) is 0 Å². The fraction of sp³-hybridized carbons (Fsp3) is 0.250. The Morgan fingerprint density at radius 2 is 1.27 bits per heavy atom. The maximum atomic E-state index is 9.87. The molecule has 0 unspecified atom stereocenters. The first-order valence-electron chi connectivity index (χ1n) is 9.19. The molecule has 3 aromatic rings. The van der Waals surface area contributed by atoms with Crippen LogP contribution in [0.1, 0.15) is 19.9 Å². The van der Waals surface area contributed by atoms with Crippen molar-refractivity contribution < 1.29 is 29.7 Å². The van der Waals surface area contributed by atoms with Crippen LogP contribution in [0.15, 0.2) is 79.4 Å². The molecule has 0 N–H and O–H groups in total. The Kier molecular flexibility index (Phi) is 7.05. The quantitative estimate of drug-likeness (QED) is 0.212. The van der Waals surface area contributed by atoms with Crippen molar-refractivity contribution in [3.8, 4) is 0 Å². The van der Waals surface area contributed by atoms with E-state index < -0.39 is 7.81 Å². The maximum absolute atomic E-state index is 10.7. The number of aryl methyl sites for hydroxylation is 1. The van der Waals surface area contributed by atoms with Gasteiger partial charge in [0.2, 0.25) is 6.33 Å². The minimum atomic E-state index is -10.7. The van der Waals surface area contributed by atoms with Crippen LogP contribution in [0.4, 0.5) is 25.2 Å². The fourth-order valence-electron chi connectivity index (χ4n) is 2.69. The zero-order valence-corrected chi connectivity index (χ0v) is 18.3. The Hall–Kier alpha value is -1.91. The van der Waals surface area contributed by atoms with Crippen LogP contribution in [0.3, 0.4) is 0 Å². The molecule has 0 spiro atoms. The van der Waals surface area contributed by atoms with Crippen LogP contribution in [-0.2, 0) is 6.54 Å². The predicted molar refractivity (Wildman–Crippen MR) is 113 cm³/mol. The average molecular weight is 468 g/mol. The van der Waals surface area contributed by atoms with Crippen LogP contribution in [0.5, 0.6) is 0 Å². The molecule has 0 radical (unpaired) electrons. The molecule has 0 aliphatic rings. The summed E-state index contributed by atoms with van der Waals surface area (Å²) < 4.78 is 63.8. The summed E-state index contributed by atoms with van der Waals surface area (Å²) in [6, 6.07) is 22.4. The van der Waals surface area contributed by atoms with E-state index in [-0.39, 0.29) is 7.92 Å². The van der Waals surface area contributed by atoms with Crippen LogP contribution >= 0.6 is 15.7 Å². The normalized spacial score (nSPS) is 14.1. The van der Waals surface area contributed by atoms with Crippen molar-refractivity contribution in [2.45, 2.75) is 26.4 Å². The number of imidazole rings is 1. The summed E-state index contributed by atoms with van der Waals surface area (Å²) in [4.78, 5) is 0. The third kappa shape index (κ3) is 10.2. The number of hydrogen-bond donors (Lipinski definition) is 0. The molecule has 0 fully saturated rings. The van der Waals surface area contributed by atoms with Gasteiger partial charge < -0.3 is 0 Å². The molecule has 1 aromatic heterocycles. The number of rotatable bonds is 6. The molecular weight excluding hydrogens is 444 g/mol. The second-order valence-corrected chi connectivity index (χ2v) is 11.2. The third-order valence-corrected chi connectivity index (χ3v) is 6.52. The average Bonchev–Trinajstić information content (AvgIpc) is 3.10. The van der Waals surface area contributed by atoms with Crippen LogP contribution < -0.4 is 15.2 Å². The fourth-order valence-corrected chi connectivity index (χ4v) is 5.00. The van der Waals surface area contributed by atoms with E-state index in [0.717, 1.165) is 12.7 Å². The van der Waals surface area contributed by atoms with Gasteiger partial charge in [0.1, 0.15) is 12.4 Å². The van der Waals surface area contributed by atoms with Gasteiger partial charge in [0.15, 0.2) is 0 Å². The van der Waals surface area contributed by atoms with Gasteiger partial charge in [0, 0.05) is 6.16 Å². The Bertz CT molecular complexity index is 876. The number of hydrogen-bond acceptors (Lipinski definition) is 0. The van der Waals surface area contributed by atoms with Gasteiger partial charge in [-0.25, -0.2) is 9.13 Å². The van der Waals surface area contributed by atoms with Crippen molar-refractivity contribution in [1.82, 2.24) is 4.57 Å². The van der Waals surface area contributed by atoms with E-state index in [0.29, 0.717) is 6.04 Å². The second-order valence-electron chi connectivity index (χ2n) is 6.97. The third-order valence-electron chi connectivity index (χ3n) is 4.03. The molecule has 0 atom stereocenters. The molecule has 0 bridgehead atoms. The van der Waals surface area contributed by atoms with Crippen molar-refractivity contribution in [1.29, 1.82) is 0 Å². The Balaban J connectivity index is 0.000000396. The second kappa shape index (κ2) is 8.68. The molecule has 0 amide bonds. The number of halogens is 6.